The van der Waals surface area contributed by atoms with Crippen molar-refractivity contribution in [3.8, 4) is 0 Å². The van der Waals surface area contributed by atoms with Crippen LogP contribution in [0.4, 0.5) is 0 Å². The molecular formula is C14H22O4. The Labute approximate surface area is 109 Å². The van der Waals surface area contributed by atoms with Crippen molar-refractivity contribution in [3.05, 3.63) is 17.9 Å². The average molecular weight is 254 g/mol. The Morgan fingerprint density at radius 1 is 1.06 bits per heavy atom. The summed E-state index contributed by atoms with van der Waals surface area (Å²) >= 11 is 0. The van der Waals surface area contributed by atoms with Gasteiger partial charge in [0.05, 0.1) is 14.2 Å². The standard InChI is InChI=1S/C14H22O4/c1-13(2,3)9-7-8-10-14(4,11(15)17-5)12(16)18-6/h8-9H,10H2,1-6H3. The number of rotatable bonds is 4. The molecule has 0 saturated heterocycles. The highest BCUT2D eigenvalue weighted by Crippen LogP contribution is 2.25. The van der Waals surface area contributed by atoms with Crippen molar-refractivity contribution in [2.75, 3.05) is 14.2 Å². The maximum atomic E-state index is 11.6. The van der Waals surface area contributed by atoms with Gasteiger partial charge in [0, 0.05) is 0 Å². The van der Waals surface area contributed by atoms with E-state index in [9.17, 15) is 9.59 Å². The molecule has 0 bridgehead atoms. The molecular weight excluding hydrogens is 232 g/mol. The number of methoxy groups -OCH3 is 2. The Balaban J connectivity index is 5.00. The number of hydrogen-bond donors (Lipinski definition) is 0. The number of esters is 2. The molecule has 0 N–H and O–H groups in total. The van der Waals surface area contributed by atoms with Crippen molar-refractivity contribution in [1.82, 2.24) is 0 Å². The van der Waals surface area contributed by atoms with E-state index in [0.29, 0.717) is 0 Å². The molecule has 0 aliphatic carbocycles. The summed E-state index contributed by atoms with van der Waals surface area (Å²) in [7, 11) is 2.50. The first-order valence-corrected chi connectivity index (χ1v) is 5.76. The molecule has 18 heavy (non-hydrogen) atoms. The van der Waals surface area contributed by atoms with Crippen LogP contribution in [0, 0.1) is 10.8 Å². The minimum atomic E-state index is -1.32. The summed E-state index contributed by atoms with van der Waals surface area (Å²) in [4.78, 5) is 23.3. The number of ether oxygens (including phenoxy) is 2. The smallest absolute Gasteiger partial charge is 0.323 e. The molecule has 4 nitrogen and oxygen atoms in total. The van der Waals surface area contributed by atoms with Crippen LogP contribution >= 0.6 is 0 Å². The second kappa shape index (κ2) is 6.41. The Morgan fingerprint density at radius 2 is 1.50 bits per heavy atom. The van der Waals surface area contributed by atoms with Gasteiger partial charge in [-0.1, -0.05) is 20.8 Å². The molecule has 0 saturated carbocycles. The van der Waals surface area contributed by atoms with Crippen LogP contribution in [0.5, 0.6) is 0 Å². The fourth-order valence-corrected chi connectivity index (χ4v) is 1.27. The van der Waals surface area contributed by atoms with Gasteiger partial charge in [-0.3, -0.25) is 9.59 Å². The Bertz CT molecular complexity index is 352. The molecule has 0 aliphatic heterocycles. The largest absolute Gasteiger partial charge is 0.468 e. The van der Waals surface area contributed by atoms with E-state index in [-0.39, 0.29) is 11.8 Å². The third kappa shape index (κ3) is 4.76. The second-order valence-electron chi connectivity index (χ2n) is 5.40. The first-order valence-electron chi connectivity index (χ1n) is 5.76. The third-order valence-electron chi connectivity index (χ3n) is 2.42. The Hall–Kier alpha value is -1.54. The van der Waals surface area contributed by atoms with E-state index in [1.165, 1.54) is 21.1 Å². The molecule has 102 valence electrons. The van der Waals surface area contributed by atoms with E-state index in [1.54, 1.807) is 6.08 Å². The van der Waals surface area contributed by atoms with Gasteiger partial charge in [0.25, 0.3) is 0 Å². The van der Waals surface area contributed by atoms with Gasteiger partial charge in [0.15, 0.2) is 5.41 Å². The molecule has 0 radical (unpaired) electrons. The normalized spacial score (nSPS) is 11.2. The first kappa shape index (κ1) is 16.5. The number of hydrogen-bond acceptors (Lipinski definition) is 4. The van der Waals surface area contributed by atoms with E-state index in [1.807, 2.05) is 26.8 Å². The van der Waals surface area contributed by atoms with E-state index < -0.39 is 17.4 Å². The van der Waals surface area contributed by atoms with E-state index in [2.05, 4.69) is 15.2 Å². The van der Waals surface area contributed by atoms with Gasteiger partial charge in [-0.15, -0.1) is 5.73 Å². The van der Waals surface area contributed by atoms with Crippen molar-refractivity contribution in [1.29, 1.82) is 0 Å². The molecule has 0 unspecified atom stereocenters. The van der Waals surface area contributed by atoms with Crippen molar-refractivity contribution in [3.63, 3.8) is 0 Å². The molecule has 0 amide bonds. The van der Waals surface area contributed by atoms with Crippen molar-refractivity contribution in [2.24, 2.45) is 10.8 Å². The van der Waals surface area contributed by atoms with Crippen LogP contribution in [-0.2, 0) is 19.1 Å². The van der Waals surface area contributed by atoms with Gasteiger partial charge < -0.3 is 9.47 Å². The molecule has 0 heterocycles. The molecule has 0 aromatic carbocycles. The summed E-state index contributed by atoms with van der Waals surface area (Å²) in [5, 5.41) is 0. The van der Waals surface area contributed by atoms with Crippen LogP contribution in [-0.4, -0.2) is 26.2 Å². The van der Waals surface area contributed by atoms with E-state index in [4.69, 9.17) is 0 Å². The Kier molecular flexibility index (Phi) is 5.86. The topological polar surface area (TPSA) is 52.6 Å². The van der Waals surface area contributed by atoms with Crippen LogP contribution in [0.2, 0.25) is 0 Å². The summed E-state index contributed by atoms with van der Waals surface area (Å²) < 4.78 is 9.28. The van der Waals surface area contributed by atoms with Gasteiger partial charge >= 0.3 is 11.9 Å². The van der Waals surface area contributed by atoms with Gasteiger partial charge in [0.1, 0.15) is 0 Å². The molecule has 0 aliphatic rings. The minimum Gasteiger partial charge on any atom is -0.468 e. The zero-order chi connectivity index (χ0) is 14.4. The van der Waals surface area contributed by atoms with Gasteiger partial charge in [-0.2, -0.15) is 0 Å². The fourth-order valence-electron chi connectivity index (χ4n) is 1.27. The zero-order valence-electron chi connectivity index (χ0n) is 12.0. The number of carbonyl (C=O) groups is 2. The van der Waals surface area contributed by atoms with Crippen molar-refractivity contribution < 1.29 is 19.1 Å². The maximum Gasteiger partial charge on any atom is 0.323 e. The summed E-state index contributed by atoms with van der Waals surface area (Å²) in [6.07, 6.45) is 3.72. The maximum absolute atomic E-state index is 11.6. The van der Waals surface area contributed by atoms with E-state index in [0.717, 1.165) is 0 Å². The second-order valence-corrected chi connectivity index (χ2v) is 5.40. The lowest BCUT2D eigenvalue weighted by Gasteiger charge is -2.21. The zero-order valence-corrected chi connectivity index (χ0v) is 12.0. The minimum absolute atomic E-state index is 0.00340. The van der Waals surface area contributed by atoms with Crippen molar-refractivity contribution in [2.45, 2.75) is 34.1 Å². The highest BCUT2D eigenvalue weighted by molar-refractivity contribution is 5.99. The quantitative estimate of drug-likeness (QED) is 0.439. The summed E-state index contributed by atoms with van der Waals surface area (Å²) in [6, 6.07) is 0. The molecule has 0 atom stereocenters. The summed E-state index contributed by atoms with van der Waals surface area (Å²) in [6.45, 7) is 7.61. The molecule has 0 spiro atoms. The summed E-state index contributed by atoms with van der Waals surface area (Å²) in [5.74, 6) is -1.22. The molecule has 0 fully saturated rings. The lowest BCUT2D eigenvalue weighted by atomic mass is 9.86. The van der Waals surface area contributed by atoms with Crippen LogP contribution < -0.4 is 0 Å². The van der Waals surface area contributed by atoms with Crippen LogP contribution in [0.25, 0.3) is 0 Å². The predicted molar refractivity (Wildman–Crippen MR) is 68.9 cm³/mol. The van der Waals surface area contributed by atoms with Crippen molar-refractivity contribution >= 4 is 11.9 Å². The monoisotopic (exact) mass is 254 g/mol. The van der Waals surface area contributed by atoms with Gasteiger partial charge in [0.2, 0.25) is 0 Å². The third-order valence-corrected chi connectivity index (χ3v) is 2.42. The van der Waals surface area contributed by atoms with Crippen LogP contribution in [0.3, 0.4) is 0 Å². The lowest BCUT2D eigenvalue weighted by Crippen LogP contribution is -2.38. The van der Waals surface area contributed by atoms with Gasteiger partial charge in [-0.25, -0.2) is 0 Å². The van der Waals surface area contributed by atoms with Crippen LogP contribution in [0.1, 0.15) is 34.1 Å². The average Bonchev–Trinajstić information content (AvgIpc) is 2.30. The highest BCUT2D eigenvalue weighted by Gasteiger charge is 2.42. The highest BCUT2D eigenvalue weighted by atomic mass is 16.5. The predicted octanol–water partition coefficient (Wildman–Crippen LogP) is 2.49. The fraction of sp³-hybridized carbons (Fsp3) is 0.643. The molecule has 0 rings (SSSR count). The lowest BCUT2D eigenvalue weighted by molar-refractivity contribution is -0.167. The number of carbonyl (C=O) groups excluding carboxylic acids is 2. The molecule has 0 aromatic rings. The Morgan fingerprint density at radius 3 is 1.83 bits per heavy atom. The first-order chi connectivity index (χ1) is 8.17. The van der Waals surface area contributed by atoms with Gasteiger partial charge in [-0.05, 0) is 30.9 Å². The summed E-state index contributed by atoms with van der Waals surface area (Å²) in [5.41, 5.74) is 1.66. The molecule has 0 aromatic heterocycles. The van der Waals surface area contributed by atoms with E-state index >= 15 is 0 Å². The van der Waals surface area contributed by atoms with Crippen LogP contribution in [0.15, 0.2) is 17.9 Å². The SMILES string of the molecule is COC(=O)C(C)(CC=C=CC(C)(C)C)C(=O)OC. The molecule has 4 heteroatoms. The number of allylic oxidation sites excluding steroid dienone is 1.